The summed E-state index contributed by atoms with van der Waals surface area (Å²) >= 11 is 9.01. The van der Waals surface area contributed by atoms with Gasteiger partial charge in [0.05, 0.1) is 6.61 Å². The fourth-order valence-corrected chi connectivity index (χ4v) is 0.371. The van der Waals surface area contributed by atoms with E-state index in [1.54, 1.807) is 0 Å². The molecule has 2 nitrogen and oxygen atoms in total. The van der Waals surface area contributed by atoms with Gasteiger partial charge in [0.15, 0.2) is 0 Å². The Labute approximate surface area is 94.7 Å². The van der Waals surface area contributed by atoms with Crippen LogP contribution in [0.4, 0.5) is 0 Å². The topological polar surface area (TPSA) is 40.7 Å². The molecule has 0 aliphatic rings. The van der Waals surface area contributed by atoms with Crippen LogP contribution in [0.1, 0.15) is 13.8 Å². The third kappa shape index (κ3) is 16.0. The quantitative estimate of drug-likeness (QED) is 0.279. The van der Waals surface area contributed by atoms with Crippen LogP contribution in [0.2, 0.25) is 0 Å². The van der Waals surface area contributed by atoms with Crippen LogP contribution in [0, 0.1) is 5.92 Å². The molecular formula is C5H11NaO2S2. The average molecular weight is 190 g/mol. The molecule has 56 valence electrons. The first kappa shape index (κ1) is 17.2. The molecule has 0 radical (unpaired) electrons. The minimum absolute atomic E-state index is 0. The predicted molar refractivity (Wildman–Crippen MR) is 44.4 cm³/mol. The largest absolute Gasteiger partial charge is 1.00 e. The minimum Gasteiger partial charge on any atom is -0.513 e. The van der Waals surface area contributed by atoms with Crippen LogP contribution in [-0.2, 0) is 17.4 Å². The van der Waals surface area contributed by atoms with E-state index >= 15 is 0 Å². The van der Waals surface area contributed by atoms with E-state index in [0.29, 0.717) is 12.5 Å². The summed E-state index contributed by atoms with van der Waals surface area (Å²) in [7, 11) is 0. The van der Waals surface area contributed by atoms with Crippen LogP contribution in [-0.4, -0.2) is 16.5 Å². The Morgan fingerprint density at radius 2 is 2.00 bits per heavy atom. The van der Waals surface area contributed by atoms with Crippen LogP contribution in [0.15, 0.2) is 0 Å². The van der Waals surface area contributed by atoms with Crippen molar-refractivity contribution in [3.63, 3.8) is 0 Å². The zero-order valence-corrected chi connectivity index (χ0v) is 10.1. The summed E-state index contributed by atoms with van der Waals surface area (Å²) in [5, 5.41) is 0. The van der Waals surface area contributed by atoms with Crippen molar-refractivity contribution in [2.45, 2.75) is 13.8 Å². The third-order valence-electron chi connectivity index (χ3n) is 0.535. The number of rotatable bonds is 2. The maximum absolute atomic E-state index is 4.85. The Hall–Kier alpha value is 1.07. The van der Waals surface area contributed by atoms with E-state index < -0.39 is 0 Å². The molecule has 0 aliphatic heterocycles. The van der Waals surface area contributed by atoms with Gasteiger partial charge in [-0.1, -0.05) is 13.8 Å². The van der Waals surface area contributed by atoms with Gasteiger partial charge in [-0.25, -0.2) is 0 Å². The van der Waals surface area contributed by atoms with Gasteiger partial charge in [0.2, 0.25) is 0 Å². The smallest absolute Gasteiger partial charge is 0.513 e. The van der Waals surface area contributed by atoms with E-state index in [-0.39, 0.29) is 39.4 Å². The van der Waals surface area contributed by atoms with Crippen molar-refractivity contribution in [1.82, 2.24) is 0 Å². The van der Waals surface area contributed by atoms with Gasteiger partial charge >= 0.3 is 29.6 Å². The summed E-state index contributed by atoms with van der Waals surface area (Å²) in [5.41, 5.74) is 0. The number of hydrogen-bond donors (Lipinski definition) is 0. The predicted octanol–water partition coefficient (Wildman–Crippen LogP) is -2.33. The monoisotopic (exact) mass is 190 g/mol. The van der Waals surface area contributed by atoms with Gasteiger partial charge in [0.25, 0.3) is 0 Å². The second-order valence-electron chi connectivity index (χ2n) is 1.95. The van der Waals surface area contributed by atoms with Gasteiger partial charge in [-0.3, -0.25) is 0 Å². The van der Waals surface area contributed by atoms with Gasteiger partial charge in [0.1, 0.15) is 0 Å². The molecule has 0 saturated carbocycles. The first-order valence-electron chi connectivity index (χ1n) is 2.46. The number of hydrogen-bond acceptors (Lipinski definition) is 3. The first-order chi connectivity index (χ1) is 3.63. The Bertz CT molecular complexity index is 87.7. The molecule has 0 saturated heterocycles. The van der Waals surface area contributed by atoms with Crippen LogP contribution >= 0.6 is 12.2 Å². The van der Waals surface area contributed by atoms with Gasteiger partial charge in [0, 0.05) is 4.38 Å². The minimum atomic E-state index is 0. The van der Waals surface area contributed by atoms with Gasteiger partial charge < -0.3 is 35.1 Å². The Morgan fingerprint density at radius 3 is 2.10 bits per heavy atom. The van der Waals surface area contributed by atoms with Crippen molar-refractivity contribution in [1.29, 1.82) is 0 Å². The Morgan fingerprint density at radius 1 is 1.60 bits per heavy atom. The van der Waals surface area contributed by atoms with Crippen LogP contribution in [0.3, 0.4) is 0 Å². The summed E-state index contributed by atoms with van der Waals surface area (Å²) in [4.78, 5) is 0. The summed E-state index contributed by atoms with van der Waals surface area (Å²) in [6, 6.07) is 0. The fraction of sp³-hybridized carbons (Fsp3) is 0.800. The van der Waals surface area contributed by atoms with Crippen molar-refractivity contribution < 1.29 is 39.8 Å². The maximum Gasteiger partial charge on any atom is 1.00 e. The summed E-state index contributed by atoms with van der Waals surface area (Å²) in [5.74, 6) is 0.510. The third-order valence-corrected chi connectivity index (χ3v) is 0.770. The molecule has 0 heterocycles. The molecule has 10 heavy (non-hydrogen) atoms. The van der Waals surface area contributed by atoms with Crippen molar-refractivity contribution in [3.05, 3.63) is 0 Å². The zero-order chi connectivity index (χ0) is 6.57. The molecule has 0 bridgehead atoms. The normalized spacial score (nSPS) is 7.50. The molecule has 0 aromatic heterocycles. The van der Waals surface area contributed by atoms with Crippen molar-refractivity contribution in [3.8, 4) is 0 Å². The fourth-order valence-electron chi connectivity index (χ4n) is 0.235. The van der Waals surface area contributed by atoms with Gasteiger partial charge in [-0.15, -0.1) is 0 Å². The molecule has 0 aromatic rings. The number of thiocarbonyl (C=S) groups is 1. The van der Waals surface area contributed by atoms with Crippen LogP contribution in [0.25, 0.3) is 0 Å². The van der Waals surface area contributed by atoms with E-state index in [9.17, 15) is 0 Å². The summed E-state index contributed by atoms with van der Waals surface area (Å²) in [6.45, 7) is 4.74. The summed E-state index contributed by atoms with van der Waals surface area (Å²) in [6.07, 6.45) is 0. The number of ether oxygens (including phenoxy) is 1. The molecule has 0 spiro atoms. The molecule has 2 N–H and O–H groups in total. The molecule has 0 unspecified atom stereocenters. The van der Waals surface area contributed by atoms with E-state index in [4.69, 9.17) is 4.74 Å². The van der Waals surface area contributed by atoms with Crippen molar-refractivity contribution in [2.24, 2.45) is 5.92 Å². The average Bonchev–Trinajstić information content (AvgIpc) is 1.61. The molecule has 0 rings (SSSR count). The Kier molecular flexibility index (Phi) is 17.4. The second-order valence-corrected chi connectivity index (χ2v) is 2.95. The standard InChI is InChI=1S/C5H10OS2.Na.H2O/c1-4(2)3-6-5(7)8;;/h4H,3H2,1-2H3,(H,7,8);;1H2/q;+1;/p-1. The van der Waals surface area contributed by atoms with E-state index in [1.807, 2.05) is 13.8 Å². The molecule has 5 heteroatoms. The van der Waals surface area contributed by atoms with Crippen LogP contribution < -0.4 is 29.6 Å². The van der Waals surface area contributed by atoms with Crippen LogP contribution in [0.5, 0.6) is 0 Å². The zero-order valence-electron chi connectivity index (χ0n) is 6.51. The SMILES string of the molecule is CC(C)COC(=S)[S-].O.[Na+]. The summed E-state index contributed by atoms with van der Waals surface area (Å²) < 4.78 is 5.07. The van der Waals surface area contributed by atoms with Gasteiger partial charge in [-0.2, -0.15) is 0 Å². The van der Waals surface area contributed by atoms with Crippen molar-refractivity contribution in [2.75, 3.05) is 6.61 Å². The molecule has 0 atom stereocenters. The molecule has 0 amide bonds. The molecular weight excluding hydrogens is 179 g/mol. The Balaban J connectivity index is -0.000000245. The second kappa shape index (κ2) is 10.1. The van der Waals surface area contributed by atoms with Crippen molar-refractivity contribution >= 4 is 29.2 Å². The first-order valence-corrected chi connectivity index (χ1v) is 3.28. The van der Waals surface area contributed by atoms with Gasteiger partial charge in [-0.05, 0) is 5.92 Å². The molecule has 0 aliphatic carbocycles. The van der Waals surface area contributed by atoms with E-state index in [2.05, 4.69) is 24.8 Å². The van der Waals surface area contributed by atoms with E-state index in [0.717, 1.165) is 0 Å². The van der Waals surface area contributed by atoms with E-state index in [1.165, 1.54) is 0 Å². The molecule has 0 aromatic carbocycles. The maximum atomic E-state index is 4.85. The molecule has 0 fully saturated rings.